The summed E-state index contributed by atoms with van der Waals surface area (Å²) in [5, 5.41) is 0. The minimum absolute atomic E-state index is 1.85. The first-order valence-electron chi connectivity index (χ1n) is 1.19. The highest BCUT2D eigenvalue weighted by Crippen LogP contribution is 2.37. The van der Waals surface area contributed by atoms with Crippen LogP contribution in [0.1, 0.15) is 0 Å². The number of alkyl halides is 3. The van der Waals surface area contributed by atoms with Gasteiger partial charge in [0.2, 0.25) is 0 Å². The molecule has 1 atom stereocenters. The highest BCUT2D eigenvalue weighted by atomic mass is 79.9. The Bertz CT molecular complexity index is 58.4. The van der Waals surface area contributed by atoms with Crippen molar-refractivity contribution in [2.75, 3.05) is 0 Å². The summed E-state index contributed by atoms with van der Waals surface area (Å²) in [5.74, 6) is 0. The Balaban J connectivity index is 3.54. The smallest absolute Gasteiger partial charge is 0.206 e. The fraction of sp³-hybridized carbons (Fsp3) is 0.500. The molecule has 1 radical (unpaired) electrons. The Morgan fingerprint density at radius 1 is 1.57 bits per heavy atom. The molecule has 0 heterocycles. The molecule has 0 saturated carbocycles. The van der Waals surface area contributed by atoms with E-state index >= 15 is 0 Å². The molecule has 43 valence electrons. The van der Waals surface area contributed by atoms with Gasteiger partial charge in [0, 0.05) is 0 Å². The van der Waals surface area contributed by atoms with E-state index in [0.29, 0.717) is 0 Å². The van der Waals surface area contributed by atoms with Crippen molar-refractivity contribution in [1.29, 1.82) is 0 Å². The van der Waals surface area contributed by atoms with E-state index < -0.39 is 10.5 Å². The molecule has 7 heavy (non-hydrogen) atoms. The van der Waals surface area contributed by atoms with Crippen molar-refractivity contribution in [3.8, 4) is 0 Å². The molecule has 0 aromatic carbocycles. The van der Waals surface area contributed by atoms with Gasteiger partial charge < -0.3 is 0 Å². The van der Waals surface area contributed by atoms with Crippen molar-refractivity contribution >= 4 is 27.5 Å². The Kier molecular flexibility index (Phi) is 2.40. The number of hydrogen-bond acceptors (Lipinski definition) is 0. The summed E-state index contributed by atoms with van der Waals surface area (Å²) in [4.78, 5) is 0. The first kappa shape index (κ1) is 7.56. The van der Waals surface area contributed by atoms with E-state index in [1.165, 1.54) is 0 Å². The third kappa shape index (κ3) is 3.17. The van der Waals surface area contributed by atoms with E-state index in [2.05, 4.69) is 11.6 Å². The molecule has 0 amide bonds. The van der Waals surface area contributed by atoms with E-state index in [-0.39, 0.29) is 0 Å². The Morgan fingerprint density at radius 3 is 1.71 bits per heavy atom. The fourth-order valence-corrected chi connectivity index (χ4v) is 0. The summed E-state index contributed by atoms with van der Waals surface area (Å²) in [6.45, 7) is 0. The number of rotatable bonds is 1. The molecule has 0 N–H and O–H groups in total. The molecule has 0 saturated heterocycles. The van der Waals surface area contributed by atoms with Crippen LogP contribution in [-0.2, 0) is 0 Å². The molecule has 0 aliphatic carbocycles. The zero-order valence-corrected chi connectivity index (χ0v) is 5.23. The van der Waals surface area contributed by atoms with Gasteiger partial charge in [0.25, 0.3) is 0 Å². The minimum Gasteiger partial charge on any atom is -0.206 e. The summed E-state index contributed by atoms with van der Waals surface area (Å²) >= 11 is 6.19. The van der Waals surface area contributed by atoms with Crippen LogP contribution in [-0.4, -0.2) is 4.04 Å². The maximum Gasteiger partial charge on any atom is 0.372 e. The van der Waals surface area contributed by atoms with Crippen LogP contribution < -0.4 is 0 Å². The molecule has 0 rings (SSSR count). The van der Waals surface area contributed by atoms with Crippen LogP contribution >= 0.6 is 27.5 Å². The standard InChI is InChI=1S/C2BrClF3/c3-2(4,7)1(5)6. The molecule has 0 aromatic heterocycles. The van der Waals surface area contributed by atoms with Crippen LogP contribution in [0.15, 0.2) is 0 Å². The van der Waals surface area contributed by atoms with Crippen LogP contribution in [0, 0.1) is 6.43 Å². The minimum atomic E-state index is -3.13. The van der Waals surface area contributed by atoms with Crippen LogP contribution in [0.4, 0.5) is 13.2 Å². The third-order valence-corrected chi connectivity index (χ3v) is 0.657. The molecule has 1 unspecified atom stereocenters. The van der Waals surface area contributed by atoms with Gasteiger partial charge >= 0.3 is 10.5 Å². The summed E-state index contributed by atoms with van der Waals surface area (Å²) in [7, 11) is 0. The average Bonchev–Trinajstić information content (AvgIpc) is 1.31. The Morgan fingerprint density at radius 2 is 1.71 bits per heavy atom. The number of halogens is 5. The second kappa shape index (κ2) is 2.22. The molecular weight excluding hydrogens is 196 g/mol. The lowest BCUT2D eigenvalue weighted by Crippen LogP contribution is -2.06. The van der Waals surface area contributed by atoms with Crippen LogP contribution in [0.2, 0.25) is 0 Å². The molecule has 5 heteroatoms. The van der Waals surface area contributed by atoms with E-state index in [1.807, 2.05) is 15.9 Å². The van der Waals surface area contributed by atoms with Crippen molar-refractivity contribution in [3.63, 3.8) is 0 Å². The summed E-state index contributed by atoms with van der Waals surface area (Å²) in [6, 6.07) is 0. The first-order valence-corrected chi connectivity index (χ1v) is 2.37. The highest BCUT2D eigenvalue weighted by molar-refractivity contribution is 9.10. The maximum absolute atomic E-state index is 11.4. The predicted molar refractivity (Wildman–Crippen MR) is 24.1 cm³/mol. The van der Waals surface area contributed by atoms with Crippen molar-refractivity contribution in [1.82, 2.24) is 0 Å². The van der Waals surface area contributed by atoms with E-state index in [9.17, 15) is 13.2 Å². The molecule has 0 aliphatic rings. The fourth-order valence-electron chi connectivity index (χ4n) is 0. The van der Waals surface area contributed by atoms with Crippen LogP contribution in [0.3, 0.4) is 0 Å². The average molecular weight is 196 g/mol. The Labute approximate surface area is 51.8 Å². The first-order chi connectivity index (χ1) is 2.94. The van der Waals surface area contributed by atoms with Crippen molar-refractivity contribution < 1.29 is 13.2 Å². The largest absolute Gasteiger partial charge is 0.372 e. The zero-order valence-electron chi connectivity index (χ0n) is 2.89. The molecule has 0 nitrogen and oxygen atoms in total. The SMILES string of the molecule is F[C](F)C(F)(Cl)Br. The van der Waals surface area contributed by atoms with Gasteiger partial charge in [0.1, 0.15) is 0 Å². The third-order valence-electron chi connectivity index (χ3n) is 0.214. The summed E-state index contributed by atoms with van der Waals surface area (Å²) in [5.41, 5.74) is 0. The van der Waals surface area contributed by atoms with Gasteiger partial charge in [-0.2, -0.15) is 8.78 Å². The van der Waals surface area contributed by atoms with Gasteiger partial charge in [-0.3, -0.25) is 0 Å². The molecular formula is C2BrClF3. The Hall–Kier alpha value is 0.560. The second-order valence-corrected chi connectivity index (χ2v) is 2.83. The summed E-state index contributed by atoms with van der Waals surface area (Å²) in [6.07, 6.45) is -2.49. The quantitative estimate of drug-likeness (QED) is 0.566. The van der Waals surface area contributed by atoms with Gasteiger partial charge in [-0.05, 0) is 15.9 Å². The molecule has 0 aromatic rings. The normalized spacial score (nSPS) is 19.7. The monoisotopic (exact) mass is 195 g/mol. The van der Waals surface area contributed by atoms with Gasteiger partial charge in [0.05, 0.1) is 0 Å². The zero-order chi connectivity index (χ0) is 6.08. The second-order valence-electron chi connectivity index (χ2n) is 0.758. The summed E-state index contributed by atoms with van der Waals surface area (Å²) < 4.78 is 30.1. The van der Waals surface area contributed by atoms with Crippen LogP contribution in [0.5, 0.6) is 0 Å². The molecule has 0 bridgehead atoms. The lowest BCUT2D eigenvalue weighted by molar-refractivity contribution is 0.193. The van der Waals surface area contributed by atoms with Crippen molar-refractivity contribution in [2.45, 2.75) is 4.04 Å². The maximum atomic E-state index is 11.4. The van der Waals surface area contributed by atoms with E-state index in [1.54, 1.807) is 0 Å². The van der Waals surface area contributed by atoms with Gasteiger partial charge in [-0.15, -0.1) is 0 Å². The number of hydrogen-bond donors (Lipinski definition) is 0. The van der Waals surface area contributed by atoms with Gasteiger partial charge in [-0.25, -0.2) is 4.39 Å². The molecule has 0 fully saturated rings. The van der Waals surface area contributed by atoms with E-state index in [0.717, 1.165) is 0 Å². The lowest BCUT2D eigenvalue weighted by atomic mass is 10.8. The van der Waals surface area contributed by atoms with Gasteiger partial charge in [0.15, 0.2) is 0 Å². The van der Waals surface area contributed by atoms with Crippen molar-refractivity contribution in [3.05, 3.63) is 6.43 Å². The highest BCUT2D eigenvalue weighted by Gasteiger charge is 2.36. The lowest BCUT2D eigenvalue weighted by Gasteiger charge is -2.02. The van der Waals surface area contributed by atoms with Gasteiger partial charge in [-0.1, -0.05) is 11.6 Å². The molecule has 0 aliphatic heterocycles. The molecule has 0 spiro atoms. The topological polar surface area (TPSA) is 0 Å². The van der Waals surface area contributed by atoms with Crippen LogP contribution in [0.25, 0.3) is 0 Å². The van der Waals surface area contributed by atoms with Crippen molar-refractivity contribution in [2.24, 2.45) is 0 Å². The predicted octanol–water partition coefficient (Wildman–Crippen LogP) is 2.67. The van der Waals surface area contributed by atoms with E-state index in [4.69, 9.17) is 0 Å².